The molecule has 0 aromatic rings. The van der Waals surface area contributed by atoms with E-state index < -0.39 is 11.9 Å². The Morgan fingerprint density at radius 2 is 1.14 bits per heavy atom. The van der Waals surface area contributed by atoms with Crippen LogP contribution in [-0.2, 0) is 19.1 Å². The molecule has 0 aliphatic heterocycles. The minimum absolute atomic E-state index is 0.135. The van der Waals surface area contributed by atoms with Crippen LogP contribution in [0.2, 0.25) is 0 Å². The highest BCUT2D eigenvalue weighted by molar-refractivity contribution is 8.13. The molecule has 0 aliphatic rings. The zero-order valence-electron chi connectivity index (χ0n) is 29.0. The van der Waals surface area contributed by atoms with Crippen LogP contribution in [0.15, 0.2) is 0 Å². The summed E-state index contributed by atoms with van der Waals surface area (Å²) in [5.74, 6) is 0.177. The van der Waals surface area contributed by atoms with Crippen LogP contribution >= 0.6 is 11.8 Å². The second-order valence-electron chi connectivity index (χ2n) is 12.6. The molecule has 0 aromatic heterocycles. The summed E-state index contributed by atoms with van der Waals surface area (Å²) in [5.41, 5.74) is 0. The zero-order chi connectivity index (χ0) is 32.1. The molecule has 43 heavy (non-hydrogen) atoms. The quantitative estimate of drug-likeness (QED) is 0.0603. The Bertz CT molecular complexity index is 691. The summed E-state index contributed by atoms with van der Waals surface area (Å²) in [7, 11) is 3.91. The highest BCUT2D eigenvalue weighted by Crippen LogP contribution is 2.18. The number of carbonyl (C=O) groups excluding carboxylic acids is 3. The van der Waals surface area contributed by atoms with Gasteiger partial charge in [-0.1, -0.05) is 129 Å². The molecule has 0 rings (SSSR count). The number of unbranched alkanes of at least 4 members (excludes halogenated alkanes) is 12. The van der Waals surface area contributed by atoms with Crippen molar-refractivity contribution >= 4 is 28.9 Å². The van der Waals surface area contributed by atoms with Crippen molar-refractivity contribution < 1.29 is 23.9 Å². The smallest absolute Gasteiger partial charge is 0.325 e. The summed E-state index contributed by atoms with van der Waals surface area (Å²) in [4.78, 5) is 42.2. The van der Waals surface area contributed by atoms with Crippen LogP contribution in [-0.4, -0.2) is 79.2 Å². The SMILES string of the molecule is CCCCCCCCC(CCCCCCC)OC(=O)CN(CC(=O)OCCC(C)CCCCCC)C(=O)SCCN(C)C. The zero-order valence-corrected chi connectivity index (χ0v) is 29.8. The molecule has 0 aromatic carbocycles. The Morgan fingerprint density at radius 3 is 1.70 bits per heavy atom. The molecule has 0 saturated heterocycles. The van der Waals surface area contributed by atoms with Crippen LogP contribution in [0.25, 0.3) is 0 Å². The van der Waals surface area contributed by atoms with Crippen molar-refractivity contribution in [1.82, 2.24) is 9.80 Å². The number of esters is 2. The Kier molecular flexibility index (Phi) is 28.6. The molecule has 0 aliphatic carbocycles. The van der Waals surface area contributed by atoms with Gasteiger partial charge in [0.1, 0.15) is 19.2 Å². The highest BCUT2D eigenvalue weighted by Gasteiger charge is 2.24. The Labute approximate surface area is 270 Å². The molecular formula is C35H68N2O5S. The summed E-state index contributed by atoms with van der Waals surface area (Å²) >= 11 is 1.13. The second-order valence-corrected chi connectivity index (χ2v) is 13.7. The number of rotatable bonds is 29. The van der Waals surface area contributed by atoms with E-state index in [0.29, 0.717) is 18.3 Å². The Hall–Kier alpha value is -1.28. The normalized spacial score (nSPS) is 12.7. The Balaban J connectivity index is 5.02. The lowest BCUT2D eigenvalue weighted by atomic mass is 10.00. The van der Waals surface area contributed by atoms with Crippen LogP contribution < -0.4 is 0 Å². The van der Waals surface area contributed by atoms with Gasteiger partial charge >= 0.3 is 11.9 Å². The molecule has 0 saturated carbocycles. The minimum atomic E-state index is -0.466. The number of thioether (sulfide) groups is 1. The first kappa shape index (κ1) is 41.7. The molecule has 0 spiro atoms. The van der Waals surface area contributed by atoms with E-state index in [1.807, 2.05) is 19.0 Å². The second kappa shape index (κ2) is 29.4. The van der Waals surface area contributed by atoms with Gasteiger partial charge in [0.25, 0.3) is 5.24 Å². The van der Waals surface area contributed by atoms with Crippen LogP contribution in [0.1, 0.15) is 150 Å². The third-order valence-electron chi connectivity index (χ3n) is 7.89. The van der Waals surface area contributed by atoms with E-state index in [1.54, 1.807) is 0 Å². The van der Waals surface area contributed by atoms with Crippen molar-refractivity contribution in [2.45, 2.75) is 156 Å². The van der Waals surface area contributed by atoms with E-state index in [2.05, 4.69) is 27.7 Å². The molecule has 2 atom stereocenters. The fraction of sp³-hybridized carbons (Fsp3) is 0.914. The van der Waals surface area contributed by atoms with Crippen molar-refractivity contribution in [2.24, 2.45) is 5.92 Å². The maximum atomic E-state index is 13.1. The first-order valence-electron chi connectivity index (χ1n) is 17.6. The highest BCUT2D eigenvalue weighted by atomic mass is 32.2. The maximum Gasteiger partial charge on any atom is 0.325 e. The molecule has 2 unspecified atom stereocenters. The van der Waals surface area contributed by atoms with Crippen molar-refractivity contribution in [3.63, 3.8) is 0 Å². The fourth-order valence-corrected chi connectivity index (χ4v) is 5.94. The van der Waals surface area contributed by atoms with E-state index in [-0.39, 0.29) is 24.4 Å². The number of amides is 1. The standard InChI is InChI=1S/C35H68N2O5S/c1-7-10-13-16-18-21-24-32(23-20-17-14-11-8-2)42-34(39)30-37(35(40)43-28-26-36(5)6)29-33(38)41-27-25-31(4)22-19-15-12-9-3/h31-32H,7-30H2,1-6H3. The van der Waals surface area contributed by atoms with Gasteiger partial charge in [0.2, 0.25) is 0 Å². The predicted molar refractivity (Wildman–Crippen MR) is 183 cm³/mol. The van der Waals surface area contributed by atoms with Crippen LogP contribution in [0.3, 0.4) is 0 Å². The van der Waals surface area contributed by atoms with E-state index >= 15 is 0 Å². The van der Waals surface area contributed by atoms with Gasteiger partial charge in [0, 0.05) is 12.3 Å². The fourth-order valence-electron chi connectivity index (χ4n) is 5.00. The number of nitrogens with zero attached hydrogens (tertiary/aromatic N) is 2. The molecule has 0 radical (unpaired) electrons. The monoisotopic (exact) mass is 628 g/mol. The van der Waals surface area contributed by atoms with Crippen LogP contribution in [0.5, 0.6) is 0 Å². The summed E-state index contributed by atoms with van der Waals surface area (Å²) in [6.07, 6.45) is 21.5. The number of ether oxygens (including phenoxy) is 2. The van der Waals surface area contributed by atoms with E-state index in [1.165, 1.54) is 75.5 Å². The molecule has 8 heteroatoms. The lowest BCUT2D eigenvalue weighted by molar-refractivity contribution is -0.151. The lowest BCUT2D eigenvalue weighted by Crippen LogP contribution is -2.40. The predicted octanol–water partition coefficient (Wildman–Crippen LogP) is 9.27. The first-order valence-corrected chi connectivity index (χ1v) is 18.6. The van der Waals surface area contributed by atoms with Crippen molar-refractivity contribution in [3.8, 4) is 0 Å². The van der Waals surface area contributed by atoms with E-state index in [4.69, 9.17) is 9.47 Å². The molecule has 7 nitrogen and oxygen atoms in total. The van der Waals surface area contributed by atoms with Crippen LogP contribution in [0, 0.1) is 5.92 Å². The van der Waals surface area contributed by atoms with Gasteiger partial charge in [-0.25, -0.2) is 0 Å². The molecular weight excluding hydrogens is 560 g/mol. The molecule has 0 fully saturated rings. The summed E-state index contributed by atoms with van der Waals surface area (Å²) in [6, 6.07) is 0. The van der Waals surface area contributed by atoms with E-state index in [0.717, 1.165) is 69.7 Å². The van der Waals surface area contributed by atoms with Gasteiger partial charge in [-0.05, 0) is 52.1 Å². The average Bonchev–Trinajstić information content (AvgIpc) is 2.96. The first-order chi connectivity index (χ1) is 20.7. The van der Waals surface area contributed by atoms with Crippen molar-refractivity contribution in [3.05, 3.63) is 0 Å². The summed E-state index contributed by atoms with van der Waals surface area (Å²) in [6.45, 7) is 9.45. The molecule has 0 bridgehead atoms. The Morgan fingerprint density at radius 1 is 0.651 bits per heavy atom. The maximum absolute atomic E-state index is 13.1. The van der Waals surface area contributed by atoms with Gasteiger partial charge in [-0.2, -0.15) is 0 Å². The van der Waals surface area contributed by atoms with E-state index in [9.17, 15) is 14.4 Å². The van der Waals surface area contributed by atoms with Gasteiger partial charge < -0.3 is 19.3 Å². The summed E-state index contributed by atoms with van der Waals surface area (Å²) in [5, 5.41) is -0.285. The van der Waals surface area contributed by atoms with Gasteiger partial charge in [-0.15, -0.1) is 0 Å². The average molecular weight is 629 g/mol. The molecule has 0 heterocycles. The third kappa shape index (κ3) is 26.8. The van der Waals surface area contributed by atoms with Crippen molar-refractivity contribution in [1.29, 1.82) is 0 Å². The number of hydrogen-bond donors (Lipinski definition) is 0. The van der Waals surface area contributed by atoms with Gasteiger partial charge in [-0.3, -0.25) is 14.4 Å². The summed E-state index contributed by atoms with van der Waals surface area (Å²) < 4.78 is 11.5. The largest absolute Gasteiger partial charge is 0.464 e. The number of hydrogen-bond acceptors (Lipinski definition) is 7. The van der Waals surface area contributed by atoms with Crippen molar-refractivity contribution in [2.75, 3.05) is 46.1 Å². The molecule has 0 N–H and O–H groups in total. The minimum Gasteiger partial charge on any atom is -0.464 e. The lowest BCUT2D eigenvalue weighted by Gasteiger charge is -2.23. The van der Waals surface area contributed by atoms with Gasteiger partial charge in [0.15, 0.2) is 0 Å². The third-order valence-corrected chi connectivity index (χ3v) is 8.79. The molecule has 1 amide bonds. The number of carbonyl (C=O) groups is 3. The van der Waals surface area contributed by atoms with Gasteiger partial charge in [0.05, 0.1) is 6.61 Å². The van der Waals surface area contributed by atoms with Crippen LogP contribution in [0.4, 0.5) is 4.79 Å². The topological polar surface area (TPSA) is 76.1 Å². The molecule has 254 valence electrons.